The summed E-state index contributed by atoms with van der Waals surface area (Å²) in [4.78, 5) is 13.2. The second kappa shape index (κ2) is 5.88. The van der Waals surface area contributed by atoms with Crippen molar-refractivity contribution in [3.05, 3.63) is 29.5 Å². The minimum atomic E-state index is 0.172. The molecule has 0 aliphatic rings. The average molecular weight is 283 g/mol. The van der Waals surface area contributed by atoms with Crippen LogP contribution in [0.1, 0.15) is 0 Å². The summed E-state index contributed by atoms with van der Waals surface area (Å²) < 4.78 is 5.09. The number of halogens is 1. The second-order valence-electron chi connectivity index (χ2n) is 3.24. The Morgan fingerprint density at radius 1 is 1.17 bits per heavy atom. The lowest BCUT2D eigenvalue weighted by Gasteiger charge is -2.04. The molecule has 0 saturated heterocycles. The van der Waals surface area contributed by atoms with E-state index in [1.807, 2.05) is 24.3 Å². The number of nitrogens with one attached hydrogen (secondary N) is 1. The van der Waals surface area contributed by atoms with E-state index in [0.717, 1.165) is 10.6 Å². The lowest BCUT2D eigenvalue weighted by atomic mass is 10.3. The maximum absolute atomic E-state index is 5.81. The first-order valence-corrected chi connectivity index (χ1v) is 6.32. The zero-order chi connectivity index (χ0) is 13.0. The Bertz CT molecular complexity index is 535. The Labute approximate surface area is 114 Å². The van der Waals surface area contributed by atoms with Crippen LogP contribution in [0.3, 0.4) is 0 Å². The number of benzene rings is 1. The van der Waals surface area contributed by atoms with Crippen molar-refractivity contribution in [3.63, 3.8) is 0 Å². The van der Waals surface area contributed by atoms with Crippen LogP contribution in [0.25, 0.3) is 0 Å². The average Bonchev–Trinajstić information content (AvgIpc) is 2.39. The van der Waals surface area contributed by atoms with E-state index in [1.165, 1.54) is 11.8 Å². The standard InChI is InChI=1S/C11H11ClN4OS/c1-13-10-14-9(12)15-11(16-10)18-8-5-3-7(17-2)4-6-8/h3-6H,1-2H3,(H,13,14,15,16). The molecule has 0 atom stereocenters. The Morgan fingerprint density at radius 2 is 1.89 bits per heavy atom. The van der Waals surface area contributed by atoms with Crippen molar-refractivity contribution in [2.45, 2.75) is 10.1 Å². The molecule has 1 heterocycles. The zero-order valence-corrected chi connectivity index (χ0v) is 11.4. The van der Waals surface area contributed by atoms with E-state index in [2.05, 4.69) is 20.3 Å². The van der Waals surface area contributed by atoms with Gasteiger partial charge in [-0.1, -0.05) is 0 Å². The van der Waals surface area contributed by atoms with Crippen molar-refractivity contribution < 1.29 is 4.74 Å². The van der Waals surface area contributed by atoms with Gasteiger partial charge in [-0.3, -0.25) is 0 Å². The molecular weight excluding hydrogens is 272 g/mol. The number of hydrogen-bond donors (Lipinski definition) is 1. The summed E-state index contributed by atoms with van der Waals surface area (Å²) in [6.45, 7) is 0. The largest absolute Gasteiger partial charge is 0.497 e. The van der Waals surface area contributed by atoms with Gasteiger partial charge in [0.1, 0.15) is 5.75 Å². The third kappa shape index (κ3) is 3.24. The monoisotopic (exact) mass is 282 g/mol. The fraction of sp³-hybridized carbons (Fsp3) is 0.182. The highest BCUT2D eigenvalue weighted by molar-refractivity contribution is 7.99. The van der Waals surface area contributed by atoms with E-state index >= 15 is 0 Å². The molecule has 0 unspecified atom stereocenters. The minimum absolute atomic E-state index is 0.172. The topological polar surface area (TPSA) is 59.9 Å². The SMILES string of the molecule is CNc1nc(Cl)nc(Sc2ccc(OC)cc2)n1. The van der Waals surface area contributed by atoms with E-state index in [4.69, 9.17) is 16.3 Å². The molecule has 0 saturated carbocycles. The van der Waals surface area contributed by atoms with E-state index in [1.54, 1.807) is 14.2 Å². The maximum atomic E-state index is 5.81. The van der Waals surface area contributed by atoms with Crippen LogP contribution >= 0.6 is 23.4 Å². The first kappa shape index (κ1) is 12.9. The molecule has 94 valence electrons. The number of ether oxygens (including phenoxy) is 1. The molecule has 1 aromatic carbocycles. The molecule has 0 fully saturated rings. The molecular formula is C11H11ClN4OS. The zero-order valence-electron chi connectivity index (χ0n) is 9.85. The van der Waals surface area contributed by atoms with Crippen molar-refractivity contribution in [3.8, 4) is 5.75 Å². The van der Waals surface area contributed by atoms with Crippen LogP contribution in [0.5, 0.6) is 5.75 Å². The van der Waals surface area contributed by atoms with Gasteiger partial charge in [-0.05, 0) is 47.6 Å². The van der Waals surface area contributed by atoms with Crippen molar-refractivity contribution in [2.24, 2.45) is 0 Å². The van der Waals surface area contributed by atoms with Gasteiger partial charge in [0, 0.05) is 11.9 Å². The van der Waals surface area contributed by atoms with E-state index in [9.17, 15) is 0 Å². The van der Waals surface area contributed by atoms with Crippen molar-refractivity contribution >= 4 is 29.3 Å². The first-order valence-electron chi connectivity index (χ1n) is 5.12. The van der Waals surface area contributed by atoms with E-state index in [0.29, 0.717) is 11.1 Å². The lowest BCUT2D eigenvalue weighted by Crippen LogP contribution is -1.99. The molecule has 7 heteroatoms. The molecule has 1 N–H and O–H groups in total. The van der Waals surface area contributed by atoms with Gasteiger partial charge >= 0.3 is 0 Å². The molecule has 18 heavy (non-hydrogen) atoms. The fourth-order valence-electron chi connectivity index (χ4n) is 1.24. The Balaban J connectivity index is 2.19. The smallest absolute Gasteiger partial charge is 0.228 e. The Morgan fingerprint density at radius 3 is 2.50 bits per heavy atom. The Kier molecular flexibility index (Phi) is 4.22. The molecule has 2 rings (SSSR count). The van der Waals surface area contributed by atoms with E-state index < -0.39 is 0 Å². The predicted molar refractivity (Wildman–Crippen MR) is 71.5 cm³/mol. The number of methoxy groups -OCH3 is 1. The quantitative estimate of drug-likeness (QED) is 0.930. The molecule has 1 aromatic heterocycles. The summed E-state index contributed by atoms with van der Waals surface area (Å²) in [5, 5.41) is 3.55. The van der Waals surface area contributed by atoms with Gasteiger partial charge < -0.3 is 10.1 Å². The summed E-state index contributed by atoms with van der Waals surface area (Å²) >= 11 is 7.22. The van der Waals surface area contributed by atoms with Crippen LogP contribution in [0.15, 0.2) is 34.3 Å². The first-order chi connectivity index (χ1) is 8.71. The fourth-order valence-corrected chi connectivity index (χ4v) is 2.20. The summed E-state index contributed by atoms with van der Waals surface area (Å²) in [5.41, 5.74) is 0. The van der Waals surface area contributed by atoms with Crippen LogP contribution in [0.4, 0.5) is 5.95 Å². The maximum Gasteiger partial charge on any atom is 0.228 e. The lowest BCUT2D eigenvalue weighted by molar-refractivity contribution is 0.414. The van der Waals surface area contributed by atoms with Gasteiger partial charge in [0.15, 0.2) is 5.16 Å². The third-order valence-electron chi connectivity index (χ3n) is 2.08. The molecule has 0 amide bonds. The summed E-state index contributed by atoms with van der Waals surface area (Å²) in [5.74, 6) is 1.26. The van der Waals surface area contributed by atoms with Gasteiger partial charge in [-0.25, -0.2) is 0 Å². The molecule has 0 radical (unpaired) electrons. The summed E-state index contributed by atoms with van der Waals surface area (Å²) in [6, 6.07) is 7.62. The highest BCUT2D eigenvalue weighted by Gasteiger charge is 2.06. The van der Waals surface area contributed by atoms with Gasteiger partial charge in [0.25, 0.3) is 0 Å². The number of anilines is 1. The number of aromatic nitrogens is 3. The van der Waals surface area contributed by atoms with Crippen LogP contribution in [-0.4, -0.2) is 29.1 Å². The van der Waals surface area contributed by atoms with Gasteiger partial charge in [0.2, 0.25) is 11.2 Å². The van der Waals surface area contributed by atoms with E-state index in [-0.39, 0.29) is 5.28 Å². The van der Waals surface area contributed by atoms with Gasteiger partial charge in [-0.15, -0.1) is 0 Å². The molecule has 0 aliphatic carbocycles. The van der Waals surface area contributed by atoms with Crippen LogP contribution in [-0.2, 0) is 0 Å². The molecule has 5 nitrogen and oxygen atoms in total. The normalized spacial score (nSPS) is 10.2. The highest BCUT2D eigenvalue weighted by Crippen LogP contribution is 2.27. The van der Waals surface area contributed by atoms with Crippen LogP contribution in [0.2, 0.25) is 5.28 Å². The van der Waals surface area contributed by atoms with Crippen LogP contribution < -0.4 is 10.1 Å². The summed E-state index contributed by atoms with van der Waals surface area (Å²) in [6.07, 6.45) is 0. The van der Waals surface area contributed by atoms with Crippen molar-refractivity contribution in [1.82, 2.24) is 15.0 Å². The van der Waals surface area contributed by atoms with Gasteiger partial charge in [-0.2, -0.15) is 15.0 Å². The molecule has 0 spiro atoms. The van der Waals surface area contributed by atoms with Crippen molar-refractivity contribution in [1.29, 1.82) is 0 Å². The Hall–Kier alpha value is -1.53. The molecule has 0 aliphatic heterocycles. The summed E-state index contributed by atoms with van der Waals surface area (Å²) in [7, 11) is 3.36. The highest BCUT2D eigenvalue weighted by atomic mass is 35.5. The number of rotatable bonds is 4. The number of nitrogens with zero attached hydrogens (tertiary/aromatic N) is 3. The van der Waals surface area contributed by atoms with Gasteiger partial charge in [0.05, 0.1) is 7.11 Å². The minimum Gasteiger partial charge on any atom is -0.497 e. The van der Waals surface area contributed by atoms with Crippen LogP contribution in [0, 0.1) is 0 Å². The second-order valence-corrected chi connectivity index (χ2v) is 4.62. The molecule has 2 aromatic rings. The molecule has 0 bridgehead atoms. The third-order valence-corrected chi connectivity index (χ3v) is 3.12. The number of hydrogen-bond acceptors (Lipinski definition) is 6. The predicted octanol–water partition coefficient (Wildman–Crippen LogP) is 2.73. The van der Waals surface area contributed by atoms with Crippen molar-refractivity contribution in [2.75, 3.05) is 19.5 Å².